The fourth-order valence-electron chi connectivity index (χ4n) is 4.29. The third-order valence-electron chi connectivity index (χ3n) is 6.14. The minimum Gasteiger partial charge on any atom is -0.481 e. The average Bonchev–Trinajstić information content (AvgIpc) is 3.26. The minimum absolute atomic E-state index is 0.000749. The standard InChI is InChI=1S/C26H30N4O3/c1-18-17-29(26(32)21-9-6-5-7-10-21)15-16-30(18)25(31)20(3)33-24-12-8-11-22(19(24)2)23-13-14-28(4)27-23/h5-14,18,20H,15-17H2,1-4H3/t18-,20?/m1/s1. The van der Waals surface area contributed by atoms with E-state index in [0.717, 1.165) is 16.8 Å². The molecule has 2 heterocycles. The number of carbonyl (C=O) groups is 2. The van der Waals surface area contributed by atoms with Crippen LogP contribution >= 0.6 is 0 Å². The smallest absolute Gasteiger partial charge is 0.263 e. The summed E-state index contributed by atoms with van der Waals surface area (Å²) in [6.45, 7) is 7.23. The minimum atomic E-state index is -0.637. The third kappa shape index (κ3) is 4.77. The van der Waals surface area contributed by atoms with E-state index in [0.29, 0.717) is 30.9 Å². The van der Waals surface area contributed by atoms with Gasteiger partial charge >= 0.3 is 0 Å². The number of nitrogens with zero attached hydrogens (tertiary/aromatic N) is 4. The molecule has 2 aromatic carbocycles. The number of hydrogen-bond donors (Lipinski definition) is 0. The number of benzene rings is 2. The number of piperazine rings is 1. The molecular weight excluding hydrogens is 416 g/mol. The molecule has 7 heteroatoms. The van der Waals surface area contributed by atoms with Crippen LogP contribution in [0.3, 0.4) is 0 Å². The van der Waals surface area contributed by atoms with Gasteiger partial charge in [0.25, 0.3) is 11.8 Å². The molecule has 2 amide bonds. The highest BCUT2D eigenvalue weighted by atomic mass is 16.5. The SMILES string of the molecule is Cc1c(OC(C)C(=O)N2CCN(C(=O)c3ccccc3)C[C@H]2C)cccc1-c1ccn(C)n1. The maximum absolute atomic E-state index is 13.2. The van der Waals surface area contributed by atoms with Crippen LogP contribution in [0, 0.1) is 6.92 Å². The molecule has 0 radical (unpaired) electrons. The number of aromatic nitrogens is 2. The average molecular weight is 447 g/mol. The van der Waals surface area contributed by atoms with E-state index in [-0.39, 0.29) is 17.9 Å². The van der Waals surface area contributed by atoms with E-state index in [9.17, 15) is 9.59 Å². The molecule has 33 heavy (non-hydrogen) atoms. The van der Waals surface area contributed by atoms with E-state index in [1.165, 1.54) is 0 Å². The highest BCUT2D eigenvalue weighted by Gasteiger charge is 2.33. The summed E-state index contributed by atoms with van der Waals surface area (Å²) in [6, 6.07) is 16.9. The maximum atomic E-state index is 13.2. The van der Waals surface area contributed by atoms with E-state index < -0.39 is 6.10 Å². The largest absolute Gasteiger partial charge is 0.481 e. The van der Waals surface area contributed by atoms with Gasteiger partial charge in [-0.05, 0) is 45.0 Å². The molecule has 4 rings (SSSR count). The summed E-state index contributed by atoms with van der Waals surface area (Å²) < 4.78 is 7.88. The molecule has 0 N–H and O–H groups in total. The van der Waals surface area contributed by atoms with Crippen molar-refractivity contribution in [2.45, 2.75) is 32.9 Å². The normalized spacial score (nSPS) is 17.0. The predicted octanol–water partition coefficient (Wildman–Crippen LogP) is 3.54. The fourth-order valence-corrected chi connectivity index (χ4v) is 4.29. The Labute approximate surface area is 194 Å². The molecule has 2 atom stereocenters. The first-order valence-corrected chi connectivity index (χ1v) is 11.3. The van der Waals surface area contributed by atoms with Gasteiger partial charge in [0, 0.05) is 55.6 Å². The van der Waals surface area contributed by atoms with Crippen molar-refractivity contribution in [2.24, 2.45) is 7.05 Å². The molecule has 0 aliphatic carbocycles. The van der Waals surface area contributed by atoms with Crippen molar-refractivity contribution in [3.05, 3.63) is 71.9 Å². The van der Waals surface area contributed by atoms with Crippen LogP contribution in [0.4, 0.5) is 0 Å². The van der Waals surface area contributed by atoms with Crippen LogP contribution in [0.1, 0.15) is 29.8 Å². The Bertz CT molecular complexity index is 1140. The summed E-state index contributed by atoms with van der Waals surface area (Å²) in [5, 5.41) is 4.48. The molecule has 1 saturated heterocycles. The van der Waals surface area contributed by atoms with Crippen LogP contribution in [-0.2, 0) is 11.8 Å². The fraction of sp³-hybridized carbons (Fsp3) is 0.346. The lowest BCUT2D eigenvalue weighted by Crippen LogP contribution is -2.57. The zero-order valence-corrected chi connectivity index (χ0v) is 19.6. The second-order valence-electron chi connectivity index (χ2n) is 8.56. The number of amides is 2. The highest BCUT2D eigenvalue weighted by Crippen LogP contribution is 2.30. The Morgan fingerprint density at radius 3 is 2.48 bits per heavy atom. The molecular formula is C26H30N4O3. The molecule has 1 aliphatic rings. The van der Waals surface area contributed by atoms with Gasteiger partial charge < -0.3 is 14.5 Å². The van der Waals surface area contributed by atoms with Crippen LogP contribution in [0.2, 0.25) is 0 Å². The molecule has 0 saturated carbocycles. The molecule has 3 aromatic rings. The molecule has 7 nitrogen and oxygen atoms in total. The van der Waals surface area contributed by atoms with Crippen molar-refractivity contribution >= 4 is 11.8 Å². The van der Waals surface area contributed by atoms with E-state index in [4.69, 9.17) is 4.74 Å². The summed E-state index contributed by atoms with van der Waals surface area (Å²) in [6.07, 6.45) is 1.26. The number of rotatable bonds is 5. The van der Waals surface area contributed by atoms with Gasteiger partial charge in [-0.25, -0.2) is 0 Å². The van der Waals surface area contributed by atoms with Crippen LogP contribution in [0.5, 0.6) is 5.75 Å². The van der Waals surface area contributed by atoms with Crippen molar-refractivity contribution in [1.82, 2.24) is 19.6 Å². The van der Waals surface area contributed by atoms with Gasteiger partial charge in [-0.1, -0.05) is 30.3 Å². The highest BCUT2D eigenvalue weighted by molar-refractivity contribution is 5.94. The van der Waals surface area contributed by atoms with E-state index in [1.54, 1.807) is 11.6 Å². The summed E-state index contributed by atoms with van der Waals surface area (Å²) in [5.74, 6) is 0.599. The monoisotopic (exact) mass is 446 g/mol. The predicted molar refractivity (Wildman–Crippen MR) is 127 cm³/mol. The van der Waals surface area contributed by atoms with Crippen LogP contribution in [0.25, 0.3) is 11.3 Å². The molecule has 1 unspecified atom stereocenters. The third-order valence-corrected chi connectivity index (χ3v) is 6.14. The quantitative estimate of drug-likeness (QED) is 0.601. The van der Waals surface area contributed by atoms with Crippen molar-refractivity contribution in [1.29, 1.82) is 0 Å². The van der Waals surface area contributed by atoms with E-state index >= 15 is 0 Å². The first kappa shape index (κ1) is 22.6. The van der Waals surface area contributed by atoms with Crippen LogP contribution in [0.15, 0.2) is 60.8 Å². The zero-order valence-electron chi connectivity index (χ0n) is 19.6. The second kappa shape index (κ2) is 9.48. The van der Waals surface area contributed by atoms with Crippen LogP contribution in [-0.4, -0.2) is 63.2 Å². The molecule has 1 aromatic heterocycles. The van der Waals surface area contributed by atoms with Crippen molar-refractivity contribution in [3.8, 4) is 17.0 Å². The number of carbonyl (C=O) groups excluding carboxylic acids is 2. The topological polar surface area (TPSA) is 67.7 Å². The van der Waals surface area contributed by atoms with E-state index in [1.807, 2.05) is 91.5 Å². The Morgan fingerprint density at radius 2 is 1.82 bits per heavy atom. The van der Waals surface area contributed by atoms with Gasteiger partial charge in [-0.2, -0.15) is 5.10 Å². The zero-order chi connectivity index (χ0) is 23.5. The van der Waals surface area contributed by atoms with Crippen molar-refractivity contribution < 1.29 is 14.3 Å². The van der Waals surface area contributed by atoms with Crippen LogP contribution < -0.4 is 4.74 Å². The van der Waals surface area contributed by atoms with Gasteiger partial charge in [-0.15, -0.1) is 0 Å². The van der Waals surface area contributed by atoms with Crippen molar-refractivity contribution in [2.75, 3.05) is 19.6 Å². The Morgan fingerprint density at radius 1 is 1.06 bits per heavy atom. The van der Waals surface area contributed by atoms with Gasteiger partial charge in [0.2, 0.25) is 0 Å². The van der Waals surface area contributed by atoms with Gasteiger partial charge in [0.1, 0.15) is 5.75 Å². The number of ether oxygens (including phenoxy) is 1. The number of hydrogen-bond acceptors (Lipinski definition) is 4. The Balaban J connectivity index is 1.41. The molecule has 172 valence electrons. The molecule has 1 fully saturated rings. The number of aryl methyl sites for hydroxylation is 1. The summed E-state index contributed by atoms with van der Waals surface area (Å²) in [5.41, 5.74) is 3.47. The van der Waals surface area contributed by atoms with Crippen molar-refractivity contribution in [3.63, 3.8) is 0 Å². The summed E-state index contributed by atoms with van der Waals surface area (Å²) in [4.78, 5) is 29.6. The lowest BCUT2D eigenvalue weighted by atomic mass is 10.0. The first-order chi connectivity index (χ1) is 15.8. The van der Waals surface area contributed by atoms with Gasteiger partial charge in [0.15, 0.2) is 6.10 Å². The Kier molecular flexibility index (Phi) is 6.49. The summed E-state index contributed by atoms with van der Waals surface area (Å²) >= 11 is 0. The molecule has 0 bridgehead atoms. The maximum Gasteiger partial charge on any atom is 0.263 e. The first-order valence-electron chi connectivity index (χ1n) is 11.3. The molecule has 1 aliphatic heterocycles. The Hall–Kier alpha value is -3.61. The summed E-state index contributed by atoms with van der Waals surface area (Å²) in [7, 11) is 1.88. The van der Waals surface area contributed by atoms with E-state index in [2.05, 4.69) is 5.10 Å². The second-order valence-corrected chi connectivity index (χ2v) is 8.56. The van der Waals surface area contributed by atoms with Gasteiger partial charge in [-0.3, -0.25) is 14.3 Å². The lowest BCUT2D eigenvalue weighted by Gasteiger charge is -2.40. The molecule has 0 spiro atoms. The van der Waals surface area contributed by atoms with Gasteiger partial charge in [0.05, 0.1) is 5.69 Å². The lowest BCUT2D eigenvalue weighted by molar-refractivity contribution is -0.142.